The van der Waals surface area contributed by atoms with Crippen LogP contribution in [-0.2, 0) is 11.2 Å². The van der Waals surface area contributed by atoms with Crippen molar-refractivity contribution in [3.63, 3.8) is 0 Å². The van der Waals surface area contributed by atoms with Gasteiger partial charge in [-0.25, -0.2) is 0 Å². The quantitative estimate of drug-likeness (QED) is 0.638. The van der Waals surface area contributed by atoms with Crippen LogP contribution >= 0.6 is 0 Å². The molecule has 8 nitrogen and oxygen atoms in total. The molecule has 0 saturated carbocycles. The van der Waals surface area contributed by atoms with E-state index in [1.54, 1.807) is 37.3 Å². The number of nitrogens with zero attached hydrogens (tertiary/aromatic N) is 2. The second-order valence-corrected chi connectivity index (χ2v) is 8.21. The molecule has 0 fully saturated rings. The Kier molecular flexibility index (Phi) is 6.62. The zero-order valence-corrected chi connectivity index (χ0v) is 19.6. The van der Waals surface area contributed by atoms with Crippen LogP contribution in [-0.4, -0.2) is 62.3 Å². The van der Waals surface area contributed by atoms with Crippen LogP contribution < -0.4 is 18.9 Å². The van der Waals surface area contributed by atoms with Crippen LogP contribution in [0.3, 0.4) is 0 Å². The smallest absolute Gasteiger partial charge is 0.254 e. The highest BCUT2D eigenvalue weighted by Crippen LogP contribution is 2.38. The zero-order valence-electron chi connectivity index (χ0n) is 19.6. The first kappa shape index (κ1) is 22.8. The van der Waals surface area contributed by atoms with E-state index in [1.165, 1.54) is 0 Å². The summed E-state index contributed by atoms with van der Waals surface area (Å²) in [5, 5.41) is 0. The van der Waals surface area contributed by atoms with Crippen molar-refractivity contribution in [1.29, 1.82) is 0 Å². The van der Waals surface area contributed by atoms with Gasteiger partial charge in [0.2, 0.25) is 12.7 Å². The molecule has 2 aliphatic heterocycles. The summed E-state index contributed by atoms with van der Waals surface area (Å²) in [6.07, 6.45) is 1.47. The predicted octanol–water partition coefficient (Wildman–Crippen LogP) is 3.43. The van der Waals surface area contributed by atoms with E-state index in [4.69, 9.17) is 18.9 Å². The van der Waals surface area contributed by atoms with Crippen molar-refractivity contribution >= 4 is 11.8 Å². The summed E-state index contributed by atoms with van der Waals surface area (Å²) in [5.41, 5.74) is 2.66. The normalized spacial score (nSPS) is 16.2. The van der Waals surface area contributed by atoms with E-state index >= 15 is 0 Å². The third-order valence-electron chi connectivity index (χ3n) is 6.23. The van der Waals surface area contributed by atoms with E-state index in [2.05, 4.69) is 0 Å². The minimum absolute atomic E-state index is 0.0219. The standard InChI is InChI=1S/C25H30N2O6/c1-5-9-26(25(29)18-6-7-20-23(12-18)33-15-32-20)14-24(28)27-10-8-17-11-21(30-3)22(31-4)13-19(17)16(27)2/h6-7,11-13,16H,5,8-10,14-15H2,1-4H3. The fourth-order valence-corrected chi connectivity index (χ4v) is 4.47. The topological polar surface area (TPSA) is 77.5 Å². The Morgan fingerprint density at radius 2 is 1.82 bits per heavy atom. The number of fused-ring (bicyclic) bond motifs is 2. The Labute approximate surface area is 194 Å². The first-order chi connectivity index (χ1) is 16.0. The van der Waals surface area contributed by atoms with Crippen molar-refractivity contribution in [3.05, 3.63) is 47.0 Å². The molecule has 0 radical (unpaired) electrons. The van der Waals surface area contributed by atoms with Crippen molar-refractivity contribution < 1.29 is 28.5 Å². The molecule has 2 aromatic carbocycles. The highest BCUT2D eigenvalue weighted by molar-refractivity contribution is 5.97. The second-order valence-electron chi connectivity index (χ2n) is 8.21. The predicted molar refractivity (Wildman–Crippen MR) is 122 cm³/mol. The van der Waals surface area contributed by atoms with Crippen molar-refractivity contribution in [1.82, 2.24) is 9.80 Å². The fraction of sp³-hybridized carbons (Fsp3) is 0.440. The van der Waals surface area contributed by atoms with E-state index in [-0.39, 0.29) is 31.2 Å². The van der Waals surface area contributed by atoms with E-state index in [1.807, 2.05) is 30.9 Å². The van der Waals surface area contributed by atoms with Crippen LogP contribution in [0.1, 0.15) is 47.8 Å². The number of hydrogen-bond donors (Lipinski definition) is 0. The molecule has 2 aliphatic rings. The molecule has 0 aromatic heterocycles. The number of carbonyl (C=O) groups is 2. The van der Waals surface area contributed by atoms with Gasteiger partial charge < -0.3 is 28.7 Å². The van der Waals surface area contributed by atoms with E-state index in [0.717, 1.165) is 24.0 Å². The van der Waals surface area contributed by atoms with E-state index in [0.29, 0.717) is 41.7 Å². The first-order valence-electron chi connectivity index (χ1n) is 11.2. The van der Waals surface area contributed by atoms with Crippen LogP contribution in [0.15, 0.2) is 30.3 Å². The molecular weight excluding hydrogens is 424 g/mol. The maximum absolute atomic E-state index is 13.3. The minimum Gasteiger partial charge on any atom is -0.493 e. The van der Waals surface area contributed by atoms with Crippen molar-refractivity contribution in [3.8, 4) is 23.0 Å². The second kappa shape index (κ2) is 9.60. The van der Waals surface area contributed by atoms with Crippen molar-refractivity contribution in [2.24, 2.45) is 0 Å². The van der Waals surface area contributed by atoms with Crippen LogP contribution in [0, 0.1) is 0 Å². The SMILES string of the molecule is CCCN(CC(=O)N1CCc2cc(OC)c(OC)cc2C1C)C(=O)c1ccc2c(c1)OCO2. The average molecular weight is 455 g/mol. The number of ether oxygens (including phenoxy) is 4. The van der Waals surface area contributed by atoms with E-state index < -0.39 is 0 Å². The van der Waals surface area contributed by atoms with Gasteiger partial charge in [-0.15, -0.1) is 0 Å². The maximum atomic E-state index is 13.3. The molecule has 176 valence electrons. The third-order valence-corrected chi connectivity index (χ3v) is 6.23. The Morgan fingerprint density at radius 1 is 1.09 bits per heavy atom. The van der Waals surface area contributed by atoms with Gasteiger partial charge in [-0.1, -0.05) is 6.92 Å². The monoisotopic (exact) mass is 454 g/mol. The Bertz CT molecular complexity index is 1050. The highest BCUT2D eigenvalue weighted by atomic mass is 16.7. The van der Waals surface area contributed by atoms with Gasteiger partial charge in [-0.3, -0.25) is 9.59 Å². The third kappa shape index (κ3) is 4.42. The summed E-state index contributed by atoms with van der Waals surface area (Å²) in [6.45, 7) is 5.24. The molecule has 0 bridgehead atoms. The molecule has 2 heterocycles. The Morgan fingerprint density at radius 3 is 2.55 bits per heavy atom. The summed E-state index contributed by atoms with van der Waals surface area (Å²) in [7, 11) is 3.22. The number of benzene rings is 2. The zero-order chi connectivity index (χ0) is 23.5. The molecule has 0 saturated heterocycles. The van der Waals surface area contributed by atoms with Crippen LogP contribution in [0.25, 0.3) is 0 Å². The molecule has 0 spiro atoms. The van der Waals surface area contributed by atoms with Gasteiger partial charge in [0.05, 0.1) is 20.3 Å². The van der Waals surface area contributed by atoms with Crippen LogP contribution in [0.4, 0.5) is 0 Å². The maximum Gasteiger partial charge on any atom is 0.254 e. The lowest BCUT2D eigenvalue weighted by molar-refractivity contribution is -0.134. The lowest BCUT2D eigenvalue weighted by atomic mass is 9.92. The van der Waals surface area contributed by atoms with Crippen molar-refractivity contribution in [2.45, 2.75) is 32.7 Å². The van der Waals surface area contributed by atoms with E-state index in [9.17, 15) is 9.59 Å². The Balaban J connectivity index is 1.51. The molecule has 2 amide bonds. The van der Waals surface area contributed by atoms with Gasteiger partial charge in [0.25, 0.3) is 5.91 Å². The fourth-order valence-electron chi connectivity index (χ4n) is 4.47. The molecule has 1 unspecified atom stereocenters. The number of amides is 2. The summed E-state index contributed by atoms with van der Waals surface area (Å²) in [6, 6.07) is 8.91. The minimum atomic E-state index is -0.194. The van der Waals surface area contributed by atoms with Crippen LogP contribution in [0.5, 0.6) is 23.0 Å². The van der Waals surface area contributed by atoms with Gasteiger partial charge in [0.15, 0.2) is 23.0 Å². The first-order valence-corrected chi connectivity index (χ1v) is 11.2. The van der Waals surface area contributed by atoms with Gasteiger partial charge in [0, 0.05) is 18.7 Å². The highest BCUT2D eigenvalue weighted by Gasteiger charge is 2.31. The number of carbonyl (C=O) groups excluding carboxylic acids is 2. The number of hydrogen-bond acceptors (Lipinski definition) is 6. The molecular formula is C25H30N2O6. The summed E-state index contributed by atoms with van der Waals surface area (Å²) in [5.74, 6) is 2.23. The molecule has 4 rings (SSSR count). The van der Waals surface area contributed by atoms with Gasteiger partial charge >= 0.3 is 0 Å². The number of rotatable bonds is 7. The molecule has 0 N–H and O–H groups in total. The number of methoxy groups -OCH3 is 2. The molecule has 2 aromatic rings. The van der Waals surface area contributed by atoms with Gasteiger partial charge in [0.1, 0.15) is 6.54 Å². The molecule has 0 aliphatic carbocycles. The lowest BCUT2D eigenvalue weighted by Gasteiger charge is -2.37. The molecule has 1 atom stereocenters. The molecule has 8 heteroatoms. The summed E-state index contributed by atoms with van der Waals surface area (Å²) in [4.78, 5) is 30.0. The Hall–Kier alpha value is -3.42. The summed E-state index contributed by atoms with van der Waals surface area (Å²) < 4.78 is 21.6. The largest absolute Gasteiger partial charge is 0.493 e. The summed E-state index contributed by atoms with van der Waals surface area (Å²) >= 11 is 0. The van der Waals surface area contributed by atoms with Crippen LogP contribution in [0.2, 0.25) is 0 Å². The van der Waals surface area contributed by atoms with Gasteiger partial charge in [-0.2, -0.15) is 0 Å². The average Bonchev–Trinajstić information content (AvgIpc) is 3.30. The lowest BCUT2D eigenvalue weighted by Crippen LogP contribution is -2.46. The van der Waals surface area contributed by atoms with Crippen molar-refractivity contribution in [2.75, 3.05) is 40.6 Å². The molecule has 33 heavy (non-hydrogen) atoms. The van der Waals surface area contributed by atoms with Gasteiger partial charge in [-0.05, 0) is 61.2 Å².